The molecule has 1 rings (SSSR count). The van der Waals surface area contributed by atoms with Crippen LogP contribution in [0.15, 0.2) is 24.3 Å². The molecule has 0 saturated carbocycles. The van der Waals surface area contributed by atoms with Crippen molar-refractivity contribution in [2.24, 2.45) is 0 Å². The summed E-state index contributed by atoms with van der Waals surface area (Å²) in [4.78, 5) is 24.6. The van der Waals surface area contributed by atoms with E-state index in [-0.39, 0.29) is 11.9 Å². The van der Waals surface area contributed by atoms with Crippen molar-refractivity contribution in [3.63, 3.8) is 0 Å². The summed E-state index contributed by atoms with van der Waals surface area (Å²) < 4.78 is 0. The Morgan fingerprint density at radius 1 is 1.33 bits per heavy atom. The Hall–Kier alpha value is -1.69. The molecule has 0 aliphatic carbocycles. The lowest BCUT2D eigenvalue weighted by atomic mass is 10.2. The van der Waals surface area contributed by atoms with E-state index in [4.69, 9.17) is 0 Å². The molecule has 0 spiro atoms. The number of nitrogens with one attached hydrogen (secondary N) is 2. The van der Waals surface area contributed by atoms with E-state index in [0.717, 1.165) is 23.6 Å². The number of thioether (sulfide) groups is 1. The van der Waals surface area contributed by atoms with Gasteiger partial charge < -0.3 is 15.5 Å². The summed E-state index contributed by atoms with van der Waals surface area (Å²) >= 11 is 1.86. The van der Waals surface area contributed by atoms with Crippen LogP contribution >= 0.6 is 11.8 Å². The van der Waals surface area contributed by atoms with Crippen LogP contribution in [0.3, 0.4) is 0 Å². The number of urea groups is 1. The maximum atomic E-state index is 11.8. The second-order valence-electron chi connectivity index (χ2n) is 4.56. The van der Waals surface area contributed by atoms with E-state index in [9.17, 15) is 9.59 Å². The highest BCUT2D eigenvalue weighted by atomic mass is 32.2. The summed E-state index contributed by atoms with van der Waals surface area (Å²) in [6.45, 7) is 4.28. The maximum absolute atomic E-state index is 11.8. The Morgan fingerprint density at radius 2 is 2.10 bits per heavy atom. The first-order chi connectivity index (χ1) is 10.0. The number of rotatable bonds is 7. The van der Waals surface area contributed by atoms with Crippen LogP contribution in [0.1, 0.15) is 20.3 Å². The molecule has 0 aromatic heterocycles. The largest absolute Gasteiger partial charge is 0.338 e. The Kier molecular flexibility index (Phi) is 7.68. The molecule has 0 saturated heterocycles. The molecule has 0 aliphatic heterocycles. The van der Waals surface area contributed by atoms with Crippen molar-refractivity contribution in [1.29, 1.82) is 0 Å². The summed E-state index contributed by atoms with van der Waals surface area (Å²) in [5.74, 6) is 2.10. The standard InChI is InChI=1S/C15H23N3O2S/c1-4-21-10-6-9-16-15(20)17-13-7-5-8-14(11-13)18(3)12(2)19/h5,7-8,11H,4,6,9-10H2,1-3H3,(H2,16,17,20). The Morgan fingerprint density at radius 3 is 2.76 bits per heavy atom. The average Bonchev–Trinajstić information content (AvgIpc) is 2.46. The number of amides is 3. The van der Waals surface area contributed by atoms with Crippen molar-refractivity contribution in [2.45, 2.75) is 20.3 Å². The Bertz CT molecular complexity index is 480. The third-order valence-corrected chi connectivity index (χ3v) is 3.90. The molecule has 5 nitrogen and oxygen atoms in total. The minimum atomic E-state index is -0.223. The van der Waals surface area contributed by atoms with Gasteiger partial charge in [-0.15, -0.1) is 0 Å². The van der Waals surface area contributed by atoms with Crippen LogP contribution in [0.4, 0.5) is 16.2 Å². The second kappa shape index (κ2) is 9.28. The molecule has 0 bridgehead atoms. The zero-order valence-electron chi connectivity index (χ0n) is 12.8. The minimum absolute atomic E-state index is 0.0509. The predicted octanol–water partition coefficient (Wildman–Crippen LogP) is 2.93. The van der Waals surface area contributed by atoms with Crippen molar-refractivity contribution >= 4 is 35.1 Å². The first-order valence-corrected chi connectivity index (χ1v) is 8.17. The van der Waals surface area contributed by atoms with E-state index >= 15 is 0 Å². The summed E-state index contributed by atoms with van der Waals surface area (Å²) in [5.41, 5.74) is 1.42. The van der Waals surface area contributed by atoms with Crippen LogP contribution in [0.25, 0.3) is 0 Å². The lowest BCUT2D eigenvalue weighted by molar-refractivity contribution is -0.116. The molecule has 0 unspecified atom stereocenters. The fraction of sp³-hybridized carbons (Fsp3) is 0.467. The van der Waals surface area contributed by atoms with Gasteiger partial charge in [0.1, 0.15) is 0 Å². The normalized spacial score (nSPS) is 10.0. The molecular formula is C15H23N3O2S. The third-order valence-electron chi connectivity index (χ3n) is 2.92. The highest BCUT2D eigenvalue weighted by molar-refractivity contribution is 7.99. The van der Waals surface area contributed by atoms with E-state index in [1.54, 1.807) is 19.2 Å². The number of carbonyl (C=O) groups excluding carboxylic acids is 2. The molecule has 3 amide bonds. The van der Waals surface area contributed by atoms with E-state index in [2.05, 4.69) is 17.6 Å². The van der Waals surface area contributed by atoms with E-state index in [0.29, 0.717) is 12.2 Å². The van der Waals surface area contributed by atoms with Gasteiger partial charge in [-0.2, -0.15) is 11.8 Å². The van der Waals surface area contributed by atoms with Crippen LogP contribution in [0.5, 0.6) is 0 Å². The molecule has 0 aliphatic rings. The van der Waals surface area contributed by atoms with E-state index < -0.39 is 0 Å². The monoisotopic (exact) mass is 309 g/mol. The van der Waals surface area contributed by atoms with Gasteiger partial charge in [-0.25, -0.2) is 4.79 Å². The van der Waals surface area contributed by atoms with E-state index in [1.165, 1.54) is 11.8 Å². The van der Waals surface area contributed by atoms with Gasteiger partial charge in [-0.1, -0.05) is 13.0 Å². The molecule has 0 radical (unpaired) electrons. The summed E-state index contributed by atoms with van der Waals surface area (Å²) in [6.07, 6.45) is 0.957. The Labute approximate surface area is 130 Å². The lowest BCUT2D eigenvalue weighted by Gasteiger charge is -2.16. The predicted molar refractivity (Wildman–Crippen MR) is 90.2 cm³/mol. The third kappa shape index (κ3) is 6.53. The smallest absolute Gasteiger partial charge is 0.319 e. The highest BCUT2D eigenvalue weighted by Crippen LogP contribution is 2.18. The van der Waals surface area contributed by atoms with Crippen LogP contribution in [0.2, 0.25) is 0 Å². The maximum Gasteiger partial charge on any atom is 0.319 e. The molecule has 0 heterocycles. The number of hydrogen-bond acceptors (Lipinski definition) is 3. The van der Waals surface area contributed by atoms with E-state index in [1.807, 2.05) is 23.9 Å². The van der Waals surface area contributed by atoms with Crippen LogP contribution in [0, 0.1) is 0 Å². The average molecular weight is 309 g/mol. The molecule has 116 valence electrons. The SMILES string of the molecule is CCSCCCNC(=O)Nc1cccc(N(C)C(C)=O)c1. The van der Waals surface area contributed by atoms with Crippen LogP contribution < -0.4 is 15.5 Å². The van der Waals surface area contributed by atoms with Crippen molar-refractivity contribution in [3.05, 3.63) is 24.3 Å². The first kappa shape index (κ1) is 17.4. The van der Waals surface area contributed by atoms with Gasteiger partial charge in [0, 0.05) is 31.9 Å². The van der Waals surface area contributed by atoms with Crippen molar-refractivity contribution in [2.75, 3.05) is 35.3 Å². The molecule has 0 atom stereocenters. The number of hydrogen-bond donors (Lipinski definition) is 2. The van der Waals surface area contributed by atoms with Gasteiger partial charge in [-0.05, 0) is 36.1 Å². The molecule has 1 aromatic rings. The zero-order valence-corrected chi connectivity index (χ0v) is 13.6. The van der Waals surface area contributed by atoms with Gasteiger partial charge in [0.05, 0.1) is 0 Å². The number of carbonyl (C=O) groups is 2. The molecule has 0 fully saturated rings. The lowest BCUT2D eigenvalue weighted by Crippen LogP contribution is -2.30. The summed E-state index contributed by atoms with van der Waals surface area (Å²) in [6, 6.07) is 6.98. The van der Waals surface area contributed by atoms with Gasteiger partial charge in [0.15, 0.2) is 0 Å². The number of anilines is 2. The van der Waals surface area contributed by atoms with Crippen LogP contribution in [-0.4, -0.2) is 37.0 Å². The molecule has 21 heavy (non-hydrogen) atoms. The van der Waals surface area contributed by atoms with Crippen molar-refractivity contribution < 1.29 is 9.59 Å². The fourth-order valence-corrected chi connectivity index (χ4v) is 2.31. The van der Waals surface area contributed by atoms with Gasteiger partial charge in [0.25, 0.3) is 0 Å². The van der Waals surface area contributed by atoms with Crippen molar-refractivity contribution in [3.8, 4) is 0 Å². The number of nitrogens with zero attached hydrogens (tertiary/aromatic N) is 1. The fourth-order valence-electron chi connectivity index (χ4n) is 1.67. The molecule has 1 aromatic carbocycles. The minimum Gasteiger partial charge on any atom is -0.338 e. The number of benzene rings is 1. The van der Waals surface area contributed by atoms with Crippen molar-refractivity contribution in [1.82, 2.24) is 5.32 Å². The van der Waals surface area contributed by atoms with Crippen LogP contribution in [-0.2, 0) is 4.79 Å². The molecule has 2 N–H and O–H groups in total. The quantitative estimate of drug-likeness (QED) is 0.761. The first-order valence-electron chi connectivity index (χ1n) is 7.01. The molecular weight excluding hydrogens is 286 g/mol. The van der Waals surface area contributed by atoms with Gasteiger partial charge >= 0.3 is 6.03 Å². The molecule has 6 heteroatoms. The zero-order chi connectivity index (χ0) is 15.7. The topological polar surface area (TPSA) is 61.4 Å². The summed E-state index contributed by atoms with van der Waals surface area (Å²) in [5, 5.41) is 5.59. The second-order valence-corrected chi connectivity index (χ2v) is 5.95. The van der Waals surface area contributed by atoms with Gasteiger partial charge in [0.2, 0.25) is 5.91 Å². The summed E-state index contributed by atoms with van der Waals surface area (Å²) in [7, 11) is 1.70. The van der Waals surface area contributed by atoms with Gasteiger partial charge in [-0.3, -0.25) is 4.79 Å². The Balaban J connectivity index is 2.45. The highest BCUT2D eigenvalue weighted by Gasteiger charge is 2.07.